The average molecular weight is 498 g/mol. The van der Waals surface area contributed by atoms with Crippen molar-refractivity contribution in [3.63, 3.8) is 0 Å². The van der Waals surface area contributed by atoms with Gasteiger partial charge < -0.3 is 49.2 Å². The predicted octanol–water partition coefficient (Wildman–Crippen LogP) is -1.06. The second-order valence-corrected chi connectivity index (χ2v) is 7.86. The van der Waals surface area contributed by atoms with Gasteiger partial charge in [0.1, 0.15) is 12.1 Å². The smallest absolute Gasteiger partial charge is 0.577 e. The number of anilines is 2. The largest absolute Gasteiger partial charge is 1.00 e. The zero-order valence-electron chi connectivity index (χ0n) is 21.2. The molecule has 0 radical (unpaired) electrons. The minimum Gasteiger partial charge on any atom is -0.577 e. The van der Waals surface area contributed by atoms with Crippen LogP contribution in [0.4, 0.5) is 11.5 Å². The molecule has 1 aromatic heterocycles. The van der Waals surface area contributed by atoms with Crippen LogP contribution in [0.25, 0.3) is 16.3 Å². The van der Waals surface area contributed by atoms with Crippen LogP contribution in [0.1, 0.15) is 5.56 Å². The van der Waals surface area contributed by atoms with Crippen LogP contribution in [0.2, 0.25) is 0 Å². The van der Waals surface area contributed by atoms with E-state index in [2.05, 4.69) is 44.8 Å². The van der Waals surface area contributed by atoms with E-state index in [1.807, 2.05) is 43.0 Å². The van der Waals surface area contributed by atoms with E-state index in [4.69, 9.17) is 21.5 Å². The Morgan fingerprint density at radius 3 is 2.92 bits per heavy atom. The molecule has 0 aliphatic heterocycles. The fourth-order valence-corrected chi connectivity index (χ4v) is 3.42. The van der Waals surface area contributed by atoms with Crippen LogP contribution in [-0.2, 0) is 0 Å². The minimum atomic E-state index is 0. The van der Waals surface area contributed by atoms with Crippen molar-refractivity contribution in [2.45, 2.75) is 6.92 Å². The average Bonchev–Trinajstić information content (AvgIpc) is 2.87. The van der Waals surface area contributed by atoms with Gasteiger partial charge in [-0.15, -0.1) is 24.8 Å². The van der Waals surface area contributed by atoms with Gasteiger partial charge in [-0.2, -0.15) is 12.1 Å². The first kappa shape index (κ1) is 32.5. The molecule has 37 heavy (non-hydrogen) atoms. The summed E-state index contributed by atoms with van der Waals surface area (Å²) in [5.41, 5.74) is 2.43. The molecule has 0 aliphatic carbocycles. The van der Waals surface area contributed by atoms with Gasteiger partial charge in [0.2, 0.25) is 0 Å². The molecule has 0 saturated carbocycles. The number of thioether (sulfide) groups is 1. The minimum absolute atomic E-state index is 0. The molecular weight excluding hydrogens is 474 g/mol. The van der Waals surface area contributed by atoms with Gasteiger partial charge in [0.15, 0.2) is 0 Å². The number of nitrogens with one attached hydrogen (secondary N) is 2. The summed E-state index contributed by atoms with van der Waals surface area (Å²) in [6.07, 6.45) is 7.31. The van der Waals surface area contributed by atoms with Crippen molar-refractivity contribution < 1.29 is 47.2 Å². The molecule has 0 amide bonds. The molecule has 3 rings (SSSR count). The maximum absolute atomic E-state index is 8.59. The first-order valence-electron chi connectivity index (χ1n) is 10.6. The second-order valence-electron chi connectivity index (χ2n) is 6.90. The zero-order chi connectivity index (χ0) is 24.9. The topological polar surface area (TPSA) is 103 Å². The Labute approximate surface area is 246 Å². The molecule has 0 atom stereocenters. The van der Waals surface area contributed by atoms with Crippen LogP contribution in [-0.4, -0.2) is 41.5 Å². The number of aromatic nitrogens is 2. The van der Waals surface area contributed by atoms with Gasteiger partial charge in [-0.05, 0) is 42.8 Å². The molecule has 2 N–H and O–H groups in total. The molecule has 0 bridgehead atoms. The summed E-state index contributed by atoms with van der Waals surface area (Å²) in [4.78, 5) is 12.2. The van der Waals surface area contributed by atoms with Crippen LogP contribution in [0.3, 0.4) is 0 Å². The normalized spacial score (nSPS) is 10.9. The van der Waals surface area contributed by atoms with Crippen LogP contribution in [0.15, 0.2) is 59.6 Å². The van der Waals surface area contributed by atoms with Crippen molar-refractivity contribution in [3.8, 4) is 11.5 Å². The second kappa shape index (κ2) is 17.9. The third kappa shape index (κ3) is 10.4. The molecule has 0 unspecified atom stereocenters. The zero-order valence-corrected chi connectivity index (χ0v) is 22.0. The van der Waals surface area contributed by atoms with E-state index in [1.165, 1.54) is 18.5 Å². The van der Waals surface area contributed by atoms with Gasteiger partial charge in [0.25, 0.3) is 0 Å². The standard InChI is InChI=1S/C26H24N6O2S.2Li/c1-4-21(10-11-29-16-27)34-25-9-6-20(14-19(25)3)32-26-23-8-7-22(15-24(23)30-17-31-26)33-12-13-35-18-28-5-2;;/h1,4,6,8-10,13-17,28H,2,5,12,18H2,3H3,(H,30,31,32);;/q-6;2*+1/b21-10+;;. The van der Waals surface area contributed by atoms with Crippen molar-refractivity contribution in [2.24, 2.45) is 4.99 Å². The van der Waals surface area contributed by atoms with Crippen LogP contribution in [0, 0.1) is 32.2 Å². The number of fused-ring (bicyclic) bond motifs is 1. The van der Waals surface area contributed by atoms with E-state index in [0.717, 1.165) is 28.0 Å². The summed E-state index contributed by atoms with van der Waals surface area (Å²) in [5, 5.41) is 15.9. The quantitative estimate of drug-likeness (QED) is 0.0427. The third-order valence-electron chi connectivity index (χ3n) is 4.50. The maximum Gasteiger partial charge on any atom is 1.00 e. The van der Waals surface area contributed by atoms with Crippen molar-refractivity contribution >= 4 is 46.7 Å². The van der Waals surface area contributed by atoms with E-state index in [9.17, 15) is 0 Å². The molecule has 3 aromatic rings. The number of rotatable bonds is 14. The molecule has 11 heteroatoms. The summed E-state index contributed by atoms with van der Waals surface area (Å²) in [7, 11) is 0. The first-order chi connectivity index (χ1) is 17.1. The summed E-state index contributed by atoms with van der Waals surface area (Å²) < 4.78 is 11.5. The number of hydrogen-bond acceptors (Lipinski definition) is 7. The Morgan fingerprint density at radius 1 is 1.35 bits per heavy atom. The Kier molecular flexibility index (Phi) is 15.7. The van der Waals surface area contributed by atoms with Crippen molar-refractivity contribution in [1.82, 2.24) is 15.3 Å². The molecule has 8 nitrogen and oxygen atoms in total. The third-order valence-corrected chi connectivity index (χ3v) is 5.24. The Hall–Kier alpha value is -2.50. The summed E-state index contributed by atoms with van der Waals surface area (Å²) >= 11 is 1.63. The first-order valence-corrected chi connectivity index (χ1v) is 11.6. The SMILES string of the molecule is [CH-]=C/C(=C\[C-]=NC=[N-])Oc1ccc(Nc2ncnc3cc(OC[CH-]SCNC[CH2-])[c-]cc23)cc1C.[Li+].[Li+]. The number of hydrogen-bond donors (Lipinski definition) is 2. The van der Waals surface area contributed by atoms with Crippen molar-refractivity contribution in [3.05, 3.63) is 90.9 Å². The summed E-state index contributed by atoms with van der Waals surface area (Å²) in [6.45, 7) is 12.4. The molecule has 0 spiro atoms. The number of benzene rings is 2. The number of aryl methyl sites for hydroxylation is 1. The molecule has 0 saturated heterocycles. The van der Waals surface area contributed by atoms with Gasteiger partial charge in [-0.3, -0.25) is 11.6 Å². The van der Waals surface area contributed by atoms with Gasteiger partial charge >= 0.3 is 37.7 Å². The van der Waals surface area contributed by atoms with E-state index in [1.54, 1.807) is 11.8 Å². The Morgan fingerprint density at radius 2 is 2.19 bits per heavy atom. The van der Waals surface area contributed by atoms with E-state index >= 15 is 0 Å². The van der Waals surface area contributed by atoms with Gasteiger partial charge in [0.05, 0.1) is 5.82 Å². The molecule has 1 heterocycles. The fourth-order valence-electron chi connectivity index (χ4n) is 2.87. The maximum atomic E-state index is 8.59. The van der Waals surface area contributed by atoms with Gasteiger partial charge in [0, 0.05) is 23.1 Å². The molecule has 2 aromatic carbocycles. The molecule has 0 fully saturated rings. The van der Waals surface area contributed by atoms with E-state index in [-0.39, 0.29) is 37.7 Å². The molecule has 0 aliphatic rings. The number of ether oxygens (including phenoxy) is 2. The molecule has 182 valence electrons. The van der Waals surface area contributed by atoms with Crippen LogP contribution >= 0.6 is 11.8 Å². The summed E-state index contributed by atoms with van der Waals surface area (Å²) in [6, 6.07) is 12.4. The van der Waals surface area contributed by atoms with Gasteiger partial charge in [-0.25, -0.2) is 23.3 Å². The Balaban J connectivity index is 0.00000342. The number of nitrogens with zero attached hydrogens (tertiary/aromatic N) is 4. The van der Waals surface area contributed by atoms with Crippen molar-refractivity contribution in [1.29, 1.82) is 0 Å². The number of aliphatic imine (C=N–C) groups is 1. The summed E-state index contributed by atoms with van der Waals surface area (Å²) in [5.74, 6) is 4.98. The van der Waals surface area contributed by atoms with Crippen molar-refractivity contribution in [2.75, 3.05) is 24.3 Å². The van der Waals surface area contributed by atoms with Crippen LogP contribution < -0.4 is 57.8 Å². The van der Waals surface area contributed by atoms with Gasteiger partial charge in [-0.1, -0.05) is 5.39 Å². The van der Waals surface area contributed by atoms with Crippen LogP contribution in [0.5, 0.6) is 11.5 Å². The van der Waals surface area contributed by atoms with E-state index < -0.39 is 0 Å². The Bertz CT molecular complexity index is 1220. The predicted molar refractivity (Wildman–Crippen MR) is 143 cm³/mol. The molecular formula is C26H24Li2N6O2S-4. The fraction of sp³-hybridized carbons (Fsp3) is 0.154. The monoisotopic (exact) mass is 498 g/mol. The number of allylic oxidation sites excluding steroid dienone is 2. The van der Waals surface area contributed by atoms with E-state index in [0.29, 0.717) is 42.6 Å².